The normalized spacial score (nSPS) is 13.4. The second-order valence-corrected chi connectivity index (χ2v) is 4.97. The van der Waals surface area contributed by atoms with Crippen LogP contribution < -0.4 is 5.32 Å². The highest BCUT2D eigenvalue weighted by molar-refractivity contribution is 7.09. The number of thiophene rings is 1. The molecule has 0 bridgehead atoms. The molecule has 80 valence electrons. The van der Waals surface area contributed by atoms with E-state index in [1.165, 1.54) is 4.88 Å². The van der Waals surface area contributed by atoms with Gasteiger partial charge in [0, 0.05) is 18.0 Å². The van der Waals surface area contributed by atoms with Gasteiger partial charge in [-0.15, -0.1) is 11.3 Å². The average molecular weight is 212 g/mol. The van der Waals surface area contributed by atoms with Crippen LogP contribution in [-0.2, 0) is 6.54 Å². The van der Waals surface area contributed by atoms with Gasteiger partial charge in [-0.1, -0.05) is 13.0 Å². The van der Waals surface area contributed by atoms with Gasteiger partial charge in [-0.05, 0) is 38.0 Å². The molecule has 0 saturated carbocycles. The molecule has 0 aliphatic carbocycles. The van der Waals surface area contributed by atoms with Gasteiger partial charge in [0.05, 0.1) is 0 Å². The predicted octanol–water partition coefficient (Wildman–Crippen LogP) is 2.04. The number of hydrogen-bond acceptors (Lipinski definition) is 3. The smallest absolute Gasteiger partial charge is 0.0324 e. The van der Waals surface area contributed by atoms with Crippen LogP contribution in [-0.4, -0.2) is 32.1 Å². The zero-order valence-electron chi connectivity index (χ0n) is 9.29. The van der Waals surface area contributed by atoms with Crippen molar-refractivity contribution in [2.45, 2.75) is 13.5 Å². The molecule has 0 saturated heterocycles. The van der Waals surface area contributed by atoms with Crippen molar-refractivity contribution in [1.29, 1.82) is 0 Å². The first-order valence-corrected chi connectivity index (χ1v) is 5.96. The van der Waals surface area contributed by atoms with Crippen LogP contribution in [0.2, 0.25) is 0 Å². The third-order valence-corrected chi connectivity index (χ3v) is 3.04. The van der Waals surface area contributed by atoms with Gasteiger partial charge in [-0.2, -0.15) is 0 Å². The number of nitrogens with one attached hydrogen (secondary N) is 1. The second kappa shape index (κ2) is 6.17. The van der Waals surface area contributed by atoms with E-state index in [9.17, 15) is 0 Å². The highest BCUT2D eigenvalue weighted by Crippen LogP contribution is 2.11. The SMILES string of the molecule is CNCC(C)CN(C)Cc1cccs1. The highest BCUT2D eigenvalue weighted by Gasteiger charge is 2.06. The Labute approximate surface area is 90.9 Å². The van der Waals surface area contributed by atoms with Gasteiger partial charge in [0.25, 0.3) is 0 Å². The van der Waals surface area contributed by atoms with Gasteiger partial charge in [-0.3, -0.25) is 0 Å². The minimum absolute atomic E-state index is 0.713. The minimum atomic E-state index is 0.713. The lowest BCUT2D eigenvalue weighted by molar-refractivity contribution is 0.278. The van der Waals surface area contributed by atoms with Crippen LogP contribution in [0.1, 0.15) is 11.8 Å². The van der Waals surface area contributed by atoms with E-state index in [4.69, 9.17) is 0 Å². The molecule has 0 aromatic carbocycles. The van der Waals surface area contributed by atoms with Gasteiger partial charge in [0.2, 0.25) is 0 Å². The first-order chi connectivity index (χ1) is 6.72. The fraction of sp³-hybridized carbons (Fsp3) is 0.636. The maximum atomic E-state index is 3.21. The predicted molar refractivity (Wildman–Crippen MR) is 63.7 cm³/mol. The summed E-state index contributed by atoms with van der Waals surface area (Å²) in [5.74, 6) is 0.713. The molecular weight excluding hydrogens is 192 g/mol. The quantitative estimate of drug-likeness (QED) is 0.776. The molecule has 1 aromatic rings. The summed E-state index contributed by atoms with van der Waals surface area (Å²) >= 11 is 1.83. The van der Waals surface area contributed by atoms with Crippen LogP contribution >= 0.6 is 11.3 Å². The summed E-state index contributed by atoms with van der Waals surface area (Å²) < 4.78 is 0. The fourth-order valence-corrected chi connectivity index (χ4v) is 2.46. The summed E-state index contributed by atoms with van der Waals surface area (Å²) in [5.41, 5.74) is 0. The maximum Gasteiger partial charge on any atom is 0.0324 e. The Kier molecular flexibility index (Phi) is 5.15. The molecule has 3 heteroatoms. The second-order valence-electron chi connectivity index (χ2n) is 3.94. The van der Waals surface area contributed by atoms with Gasteiger partial charge in [0.15, 0.2) is 0 Å². The Morgan fingerprint density at radius 1 is 1.57 bits per heavy atom. The van der Waals surface area contributed by atoms with Crippen LogP contribution in [0.3, 0.4) is 0 Å². The lowest BCUT2D eigenvalue weighted by Crippen LogP contribution is -2.29. The summed E-state index contributed by atoms with van der Waals surface area (Å²) in [6, 6.07) is 4.31. The lowest BCUT2D eigenvalue weighted by atomic mass is 10.1. The van der Waals surface area contributed by atoms with E-state index in [0.717, 1.165) is 19.6 Å². The summed E-state index contributed by atoms with van der Waals surface area (Å²) in [5, 5.41) is 5.35. The van der Waals surface area contributed by atoms with Crippen molar-refractivity contribution in [1.82, 2.24) is 10.2 Å². The summed E-state index contributed by atoms with van der Waals surface area (Å²) in [6.45, 7) is 5.60. The van der Waals surface area contributed by atoms with E-state index in [0.29, 0.717) is 5.92 Å². The molecule has 0 amide bonds. The largest absolute Gasteiger partial charge is 0.319 e. The van der Waals surface area contributed by atoms with Crippen molar-refractivity contribution < 1.29 is 0 Å². The van der Waals surface area contributed by atoms with E-state index in [1.807, 2.05) is 18.4 Å². The molecule has 1 heterocycles. The Morgan fingerprint density at radius 3 is 2.93 bits per heavy atom. The molecule has 0 spiro atoms. The van der Waals surface area contributed by atoms with Crippen molar-refractivity contribution in [2.75, 3.05) is 27.2 Å². The van der Waals surface area contributed by atoms with E-state index in [-0.39, 0.29) is 0 Å². The van der Waals surface area contributed by atoms with Crippen molar-refractivity contribution in [3.63, 3.8) is 0 Å². The summed E-state index contributed by atoms with van der Waals surface area (Å²) in [6.07, 6.45) is 0. The molecule has 1 unspecified atom stereocenters. The van der Waals surface area contributed by atoms with Gasteiger partial charge in [0.1, 0.15) is 0 Å². The molecule has 0 aliphatic heterocycles. The number of rotatable bonds is 6. The molecule has 1 aromatic heterocycles. The Hall–Kier alpha value is -0.380. The highest BCUT2D eigenvalue weighted by atomic mass is 32.1. The molecule has 0 aliphatic rings. The molecule has 14 heavy (non-hydrogen) atoms. The van der Waals surface area contributed by atoms with E-state index in [1.54, 1.807) is 0 Å². The van der Waals surface area contributed by atoms with Crippen LogP contribution in [0.5, 0.6) is 0 Å². The third-order valence-electron chi connectivity index (χ3n) is 2.18. The van der Waals surface area contributed by atoms with Crippen LogP contribution in [0.15, 0.2) is 17.5 Å². The first kappa shape index (κ1) is 11.7. The average Bonchev–Trinajstić information content (AvgIpc) is 2.56. The van der Waals surface area contributed by atoms with Gasteiger partial charge < -0.3 is 10.2 Å². The van der Waals surface area contributed by atoms with Crippen molar-refractivity contribution in [2.24, 2.45) is 5.92 Å². The minimum Gasteiger partial charge on any atom is -0.319 e. The van der Waals surface area contributed by atoms with E-state index in [2.05, 4.69) is 41.7 Å². The third kappa shape index (κ3) is 4.22. The Balaban J connectivity index is 2.25. The molecule has 0 fully saturated rings. The van der Waals surface area contributed by atoms with Crippen LogP contribution in [0.4, 0.5) is 0 Å². The van der Waals surface area contributed by atoms with Gasteiger partial charge >= 0.3 is 0 Å². The first-order valence-electron chi connectivity index (χ1n) is 5.08. The zero-order chi connectivity index (χ0) is 10.4. The monoisotopic (exact) mass is 212 g/mol. The topological polar surface area (TPSA) is 15.3 Å². The number of nitrogens with zero attached hydrogens (tertiary/aromatic N) is 1. The zero-order valence-corrected chi connectivity index (χ0v) is 10.1. The van der Waals surface area contributed by atoms with Crippen molar-refractivity contribution >= 4 is 11.3 Å². The summed E-state index contributed by atoms with van der Waals surface area (Å²) in [7, 11) is 4.20. The van der Waals surface area contributed by atoms with Crippen LogP contribution in [0, 0.1) is 5.92 Å². The fourth-order valence-electron chi connectivity index (χ4n) is 1.68. The van der Waals surface area contributed by atoms with Gasteiger partial charge in [-0.25, -0.2) is 0 Å². The molecule has 2 nitrogen and oxygen atoms in total. The van der Waals surface area contributed by atoms with E-state index >= 15 is 0 Å². The Bertz CT molecular complexity index is 233. The van der Waals surface area contributed by atoms with Crippen LogP contribution in [0.25, 0.3) is 0 Å². The molecular formula is C11H20N2S. The Morgan fingerprint density at radius 2 is 2.36 bits per heavy atom. The molecule has 1 N–H and O–H groups in total. The summed E-state index contributed by atoms with van der Waals surface area (Å²) in [4.78, 5) is 3.83. The standard InChI is InChI=1S/C11H20N2S/c1-10(7-12-2)8-13(3)9-11-5-4-6-14-11/h4-6,10,12H,7-9H2,1-3H3. The van der Waals surface area contributed by atoms with Crippen molar-refractivity contribution in [3.8, 4) is 0 Å². The molecule has 1 atom stereocenters. The molecule has 1 rings (SSSR count). The molecule has 0 radical (unpaired) electrons. The number of hydrogen-bond donors (Lipinski definition) is 1. The van der Waals surface area contributed by atoms with E-state index < -0.39 is 0 Å². The van der Waals surface area contributed by atoms with Crippen molar-refractivity contribution in [3.05, 3.63) is 22.4 Å². The maximum absolute atomic E-state index is 3.21. The lowest BCUT2D eigenvalue weighted by Gasteiger charge is -2.20.